The van der Waals surface area contributed by atoms with E-state index >= 15 is 0 Å². The Balaban J connectivity index is 2.06. The maximum Gasteiger partial charge on any atom is 0.0546 e. The van der Waals surface area contributed by atoms with Gasteiger partial charge in [-0.25, -0.2) is 0 Å². The van der Waals surface area contributed by atoms with Crippen LogP contribution in [0.25, 0.3) is 0 Å². The second-order valence-electron chi connectivity index (χ2n) is 5.07. The molecular formula is C14H20O. The van der Waals surface area contributed by atoms with E-state index in [9.17, 15) is 5.11 Å². The lowest BCUT2D eigenvalue weighted by molar-refractivity contribution is 0.169. The van der Waals surface area contributed by atoms with Gasteiger partial charge in [-0.3, -0.25) is 0 Å². The van der Waals surface area contributed by atoms with Gasteiger partial charge in [0, 0.05) is 0 Å². The lowest BCUT2D eigenvalue weighted by Gasteiger charge is -2.07. The van der Waals surface area contributed by atoms with E-state index in [2.05, 4.69) is 38.1 Å². The molecule has 0 radical (unpaired) electrons. The molecule has 1 heteroatoms. The van der Waals surface area contributed by atoms with E-state index in [4.69, 9.17) is 0 Å². The number of aliphatic hydroxyl groups excluding tert-OH is 1. The van der Waals surface area contributed by atoms with Crippen molar-refractivity contribution in [2.24, 2.45) is 5.92 Å². The summed E-state index contributed by atoms with van der Waals surface area (Å²) in [6.45, 7) is 6.32. The van der Waals surface area contributed by atoms with Crippen LogP contribution in [0.1, 0.15) is 50.2 Å². The molecule has 3 atom stereocenters. The van der Waals surface area contributed by atoms with Gasteiger partial charge in [-0.15, -0.1) is 0 Å². The van der Waals surface area contributed by atoms with Crippen molar-refractivity contribution in [3.05, 3.63) is 35.4 Å². The van der Waals surface area contributed by atoms with E-state index in [1.807, 2.05) is 6.92 Å². The number of hydrogen-bond donors (Lipinski definition) is 1. The topological polar surface area (TPSA) is 20.2 Å². The molecule has 0 aliphatic heterocycles. The van der Waals surface area contributed by atoms with Gasteiger partial charge in [0.15, 0.2) is 0 Å². The molecule has 82 valence electrons. The van der Waals surface area contributed by atoms with Crippen LogP contribution in [0.2, 0.25) is 0 Å². The minimum Gasteiger partial charge on any atom is -0.393 e. The second-order valence-corrected chi connectivity index (χ2v) is 5.07. The largest absolute Gasteiger partial charge is 0.393 e. The van der Waals surface area contributed by atoms with Crippen molar-refractivity contribution in [2.45, 2.75) is 45.1 Å². The quantitative estimate of drug-likeness (QED) is 0.801. The zero-order chi connectivity index (χ0) is 11.0. The predicted octanol–water partition coefficient (Wildman–Crippen LogP) is 3.29. The van der Waals surface area contributed by atoms with E-state index in [1.54, 1.807) is 0 Å². The summed E-state index contributed by atoms with van der Waals surface area (Å²) in [5.74, 6) is 1.70. The summed E-state index contributed by atoms with van der Waals surface area (Å²) in [6.07, 6.45) is 0.998. The smallest absolute Gasteiger partial charge is 0.0546 e. The maximum atomic E-state index is 9.47. The third-order valence-corrected chi connectivity index (χ3v) is 3.49. The predicted molar refractivity (Wildman–Crippen MR) is 63.1 cm³/mol. The molecule has 0 heterocycles. The van der Waals surface area contributed by atoms with Crippen LogP contribution in [-0.2, 0) is 0 Å². The molecule has 0 bridgehead atoms. The normalized spacial score (nSPS) is 26.7. The van der Waals surface area contributed by atoms with Gasteiger partial charge >= 0.3 is 0 Å². The zero-order valence-electron chi connectivity index (χ0n) is 9.77. The second kappa shape index (κ2) is 3.97. The van der Waals surface area contributed by atoms with E-state index in [1.165, 1.54) is 11.1 Å². The number of hydrogen-bond acceptors (Lipinski definition) is 1. The molecule has 1 aromatic carbocycles. The fourth-order valence-electron chi connectivity index (χ4n) is 2.26. The summed E-state index contributed by atoms with van der Waals surface area (Å²) >= 11 is 0. The van der Waals surface area contributed by atoms with E-state index in [0.717, 1.165) is 6.42 Å². The minimum absolute atomic E-state index is 0.153. The van der Waals surface area contributed by atoms with Crippen LogP contribution in [0, 0.1) is 5.92 Å². The van der Waals surface area contributed by atoms with Crippen molar-refractivity contribution >= 4 is 0 Å². The average Bonchev–Trinajstić information content (AvgIpc) is 2.97. The first-order valence-corrected chi connectivity index (χ1v) is 5.87. The molecule has 0 saturated heterocycles. The molecule has 1 saturated carbocycles. The molecule has 1 nitrogen and oxygen atoms in total. The van der Waals surface area contributed by atoms with Crippen LogP contribution in [0.4, 0.5) is 0 Å². The monoisotopic (exact) mass is 204 g/mol. The lowest BCUT2D eigenvalue weighted by Crippen LogP contribution is -2.03. The maximum absolute atomic E-state index is 9.47. The van der Waals surface area contributed by atoms with Gasteiger partial charge in [-0.1, -0.05) is 38.1 Å². The molecule has 2 rings (SSSR count). The molecule has 0 unspecified atom stereocenters. The highest BCUT2D eigenvalue weighted by molar-refractivity contribution is 5.31. The first kappa shape index (κ1) is 10.7. The van der Waals surface area contributed by atoms with Crippen molar-refractivity contribution in [3.8, 4) is 0 Å². The Kier molecular flexibility index (Phi) is 2.83. The fourth-order valence-corrected chi connectivity index (χ4v) is 2.26. The summed E-state index contributed by atoms with van der Waals surface area (Å²) in [7, 11) is 0. The van der Waals surface area contributed by atoms with Crippen LogP contribution in [-0.4, -0.2) is 11.2 Å². The zero-order valence-corrected chi connectivity index (χ0v) is 9.77. The average molecular weight is 204 g/mol. The Hall–Kier alpha value is -0.820. The Morgan fingerprint density at radius 1 is 1.13 bits per heavy atom. The molecule has 0 spiro atoms. The summed E-state index contributed by atoms with van der Waals surface area (Å²) in [5.41, 5.74) is 2.79. The Labute approximate surface area is 92.1 Å². The first-order valence-electron chi connectivity index (χ1n) is 5.87. The molecular weight excluding hydrogens is 184 g/mol. The SMILES string of the molecule is CC(C)c1ccc([C@@H]2C[C@H]2[C@@H](C)O)cc1. The summed E-state index contributed by atoms with van der Waals surface area (Å²) in [6, 6.07) is 8.89. The Morgan fingerprint density at radius 2 is 1.73 bits per heavy atom. The standard InChI is InChI=1S/C14H20O/c1-9(2)11-4-6-12(7-5-11)14-8-13(14)10(3)15/h4-7,9-10,13-15H,8H2,1-3H3/t10-,13+,14+/m1/s1. The molecule has 15 heavy (non-hydrogen) atoms. The Morgan fingerprint density at radius 3 is 2.13 bits per heavy atom. The van der Waals surface area contributed by atoms with Crippen LogP contribution < -0.4 is 0 Å². The molecule has 1 aromatic rings. The van der Waals surface area contributed by atoms with E-state index in [0.29, 0.717) is 17.8 Å². The summed E-state index contributed by atoms with van der Waals surface area (Å²) in [4.78, 5) is 0. The molecule has 0 amide bonds. The third kappa shape index (κ3) is 2.23. The van der Waals surface area contributed by atoms with Gasteiger partial charge in [0.25, 0.3) is 0 Å². The van der Waals surface area contributed by atoms with E-state index in [-0.39, 0.29) is 6.10 Å². The highest BCUT2D eigenvalue weighted by Gasteiger charge is 2.41. The minimum atomic E-state index is -0.153. The van der Waals surface area contributed by atoms with Gasteiger partial charge in [-0.05, 0) is 42.2 Å². The molecule has 0 aromatic heterocycles. The third-order valence-electron chi connectivity index (χ3n) is 3.49. The van der Waals surface area contributed by atoms with Gasteiger partial charge in [0.2, 0.25) is 0 Å². The first-order chi connectivity index (χ1) is 7.09. The van der Waals surface area contributed by atoms with Gasteiger partial charge in [-0.2, -0.15) is 0 Å². The number of aliphatic hydroxyl groups is 1. The van der Waals surface area contributed by atoms with Crippen molar-refractivity contribution in [1.82, 2.24) is 0 Å². The Bertz CT molecular complexity index is 324. The van der Waals surface area contributed by atoms with Crippen LogP contribution in [0.3, 0.4) is 0 Å². The van der Waals surface area contributed by atoms with E-state index < -0.39 is 0 Å². The van der Waals surface area contributed by atoms with Crippen LogP contribution >= 0.6 is 0 Å². The van der Waals surface area contributed by atoms with Gasteiger partial charge in [0.05, 0.1) is 6.10 Å². The van der Waals surface area contributed by atoms with Crippen molar-refractivity contribution < 1.29 is 5.11 Å². The van der Waals surface area contributed by atoms with Crippen molar-refractivity contribution in [2.75, 3.05) is 0 Å². The highest BCUT2D eigenvalue weighted by atomic mass is 16.3. The van der Waals surface area contributed by atoms with Crippen LogP contribution in [0.5, 0.6) is 0 Å². The molecule has 1 aliphatic carbocycles. The van der Waals surface area contributed by atoms with Crippen molar-refractivity contribution in [3.63, 3.8) is 0 Å². The van der Waals surface area contributed by atoms with Crippen LogP contribution in [0.15, 0.2) is 24.3 Å². The highest BCUT2D eigenvalue weighted by Crippen LogP contribution is 2.49. The summed E-state index contributed by atoms with van der Waals surface area (Å²) in [5, 5.41) is 9.47. The fraction of sp³-hybridized carbons (Fsp3) is 0.571. The number of benzene rings is 1. The van der Waals surface area contributed by atoms with Gasteiger partial charge < -0.3 is 5.11 Å². The summed E-state index contributed by atoms with van der Waals surface area (Å²) < 4.78 is 0. The lowest BCUT2D eigenvalue weighted by atomic mass is 9.99. The molecule has 1 N–H and O–H groups in total. The van der Waals surface area contributed by atoms with Crippen molar-refractivity contribution in [1.29, 1.82) is 0 Å². The molecule has 1 fully saturated rings. The van der Waals surface area contributed by atoms with Gasteiger partial charge in [0.1, 0.15) is 0 Å². The molecule has 1 aliphatic rings. The number of rotatable bonds is 3.